The SMILES string of the molecule is COc1ccc2cc(C(=O)CCC3CCN(Cc4ccccc4)CC3)n(S(=O)(=O)c3ccccc3)c2c1. The van der Waals surface area contributed by atoms with E-state index in [4.69, 9.17) is 4.74 Å². The quantitative estimate of drug-likeness (QED) is 0.265. The van der Waals surface area contributed by atoms with E-state index in [1.165, 1.54) is 16.6 Å². The number of Topliss-reactive ketones (excluding diaryl/α,β-unsaturated/α-hetero) is 1. The summed E-state index contributed by atoms with van der Waals surface area (Å²) >= 11 is 0. The Morgan fingerprint density at radius 1 is 0.919 bits per heavy atom. The van der Waals surface area contributed by atoms with E-state index in [1.807, 2.05) is 6.07 Å². The van der Waals surface area contributed by atoms with Gasteiger partial charge in [0, 0.05) is 24.4 Å². The van der Waals surface area contributed by atoms with Crippen molar-refractivity contribution in [1.82, 2.24) is 8.87 Å². The topological polar surface area (TPSA) is 68.6 Å². The van der Waals surface area contributed by atoms with Crippen molar-refractivity contribution in [3.8, 4) is 5.75 Å². The van der Waals surface area contributed by atoms with E-state index >= 15 is 0 Å². The fourth-order valence-corrected chi connectivity index (χ4v) is 6.72. The number of rotatable bonds is 9. The number of piperidine rings is 1. The first-order valence-corrected chi connectivity index (χ1v) is 14.2. The molecule has 3 aromatic carbocycles. The molecule has 0 N–H and O–H groups in total. The number of aromatic nitrogens is 1. The molecule has 0 bridgehead atoms. The van der Waals surface area contributed by atoms with Crippen LogP contribution in [0, 0.1) is 5.92 Å². The van der Waals surface area contributed by atoms with Crippen molar-refractivity contribution in [2.75, 3.05) is 20.2 Å². The molecule has 1 aromatic heterocycles. The molecule has 192 valence electrons. The van der Waals surface area contributed by atoms with Gasteiger partial charge in [0.05, 0.1) is 17.5 Å². The van der Waals surface area contributed by atoms with Crippen LogP contribution in [-0.4, -0.2) is 43.3 Å². The van der Waals surface area contributed by atoms with Crippen LogP contribution in [0.5, 0.6) is 5.75 Å². The Kier molecular flexibility index (Phi) is 7.44. The molecule has 5 rings (SSSR count). The molecular weight excluding hydrogens is 484 g/mol. The van der Waals surface area contributed by atoms with Gasteiger partial charge in [-0.25, -0.2) is 12.4 Å². The second kappa shape index (κ2) is 10.9. The summed E-state index contributed by atoms with van der Waals surface area (Å²) in [6, 6.07) is 25.7. The minimum atomic E-state index is -3.97. The Labute approximate surface area is 218 Å². The van der Waals surface area contributed by atoms with Gasteiger partial charge < -0.3 is 4.74 Å². The lowest BCUT2D eigenvalue weighted by Gasteiger charge is -2.32. The van der Waals surface area contributed by atoms with Gasteiger partial charge in [0.2, 0.25) is 0 Å². The predicted molar refractivity (Wildman–Crippen MR) is 146 cm³/mol. The fraction of sp³-hybridized carbons (Fsp3) is 0.300. The lowest BCUT2D eigenvalue weighted by atomic mass is 9.91. The maximum atomic E-state index is 13.7. The molecule has 7 heteroatoms. The van der Waals surface area contributed by atoms with Gasteiger partial charge in [-0.3, -0.25) is 9.69 Å². The first-order valence-electron chi connectivity index (χ1n) is 12.8. The minimum Gasteiger partial charge on any atom is -0.497 e. The molecule has 1 fully saturated rings. The van der Waals surface area contributed by atoms with Crippen LogP contribution in [0.4, 0.5) is 0 Å². The van der Waals surface area contributed by atoms with Crippen molar-refractivity contribution in [2.45, 2.75) is 37.1 Å². The maximum Gasteiger partial charge on any atom is 0.268 e. The normalized spacial score (nSPS) is 15.2. The van der Waals surface area contributed by atoms with Gasteiger partial charge in [-0.15, -0.1) is 0 Å². The summed E-state index contributed by atoms with van der Waals surface area (Å²) in [6.07, 6.45) is 3.17. The maximum absolute atomic E-state index is 13.7. The van der Waals surface area contributed by atoms with E-state index in [-0.39, 0.29) is 16.4 Å². The van der Waals surface area contributed by atoms with E-state index in [0.717, 1.165) is 38.9 Å². The summed E-state index contributed by atoms with van der Waals surface area (Å²) in [6.45, 7) is 2.97. The van der Waals surface area contributed by atoms with E-state index < -0.39 is 10.0 Å². The Hall–Kier alpha value is -3.42. The largest absolute Gasteiger partial charge is 0.497 e. The average Bonchev–Trinajstić information content (AvgIpc) is 3.33. The van der Waals surface area contributed by atoms with Gasteiger partial charge >= 0.3 is 0 Å². The molecule has 0 radical (unpaired) electrons. The molecular formula is C30H32N2O4S. The van der Waals surface area contributed by atoms with Crippen molar-refractivity contribution >= 4 is 26.7 Å². The van der Waals surface area contributed by atoms with Crippen LogP contribution in [0.25, 0.3) is 10.9 Å². The van der Waals surface area contributed by atoms with Gasteiger partial charge in [0.25, 0.3) is 10.0 Å². The van der Waals surface area contributed by atoms with Crippen molar-refractivity contribution < 1.29 is 17.9 Å². The zero-order valence-corrected chi connectivity index (χ0v) is 21.9. The number of methoxy groups -OCH3 is 1. The number of benzene rings is 3. The highest BCUT2D eigenvalue weighted by Crippen LogP contribution is 2.31. The fourth-order valence-electron chi connectivity index (χ4n) is 5.17. The first-order chi connectivity index (χ1) is 18.0. The van der Waals surface area contributed by atoms with Crippen LogP contribution in [0.1, 0.15) is 41.7 Å². The second-order valence-electron chi connectivity index (χ2n) is 9.70. The molecule has 1 aliphatic heterocycles. The Balaban J connectivity index is 1.33. The smallest absolute Gasteiger partial charge is 0.268 e. The summed E-state index contributed by atoms with van der Waals surface area (Å²) in [5, 5.41) is 0.692. The van der Waals surface area contributed by atoms with Crippen LogP contribution in [0.2, 0.25) is 0 Å². The highest BCUT2D eigenvalue weighted by atomic mass is 32.2. The lowest BCUT2D eigenvalue weighted by molar-refractivity contribution is 0.0956. The lowest BCUT2D eigenvalue weighted by Crippen LogP contribution is -2.33. The van der Waals surface area contributed by atoms with Crippen LogP contribution in [0.15, 0.2) is 89.8 Å². The van der Waals surface area contributed by atoms with Gasteiger partial charge in [0.1, 0.15) is 11.4 Å². The number of hydrogen-bond acceptors (Lipinski definition) is 5. The molecule has 0 aliphatic carbocycles. The predicted octanol–water partition coefficient (Wildman–Crippen LogP) is 5.76. The molecule has 0 saturated carbocycles. The molecule has 37 heavy (non-hydrogen) atoms. The van der Waals surface area contributed by atoms with Gasteiger partial charge in [-0.1, -0.05) is 48.5 Å². The monoisotopic (exact) mass is 516 g/mol. The Morgan fingerprint density at radius 3 is 2.27 bits per heavy atom. The third kappa shape index (κ3) is 5.48. The molecule has 6 nitrogen and oxygen atoms in total. The molecule has 1 saturated heterocycles. The highest BCUT2D eigenvalue weighted by Gasteiger charge is 2.27. The van der Waals surface area contributed by atoms with Gasteiger partial charge in [-0.2, -0.15) is 0 Å². The third-order valence-corrected chi connectivity index (χ3v) is 9.01. The average molecular weight is 517 g/mol. The Bertz CT molecular complexity index is 1470. The summed E-state index contributed by atoms with van der Waals surface area (Å²) in [5.74, 6) is 0.845. The summed E-state index contributed by atoms with van der Waals surface area (Å²) in [7, 11) is -2.43. The zero-order valence-electron chi connectivity index (χ0n) is 21.0. The molecule has 1 aliphatic rings. The Morgan fingerprint density at radius 2 is 1.59 bits per heavy atom. The van der Waals surface area contributed by atoms with E-state index in [9.17, 15) is 13.2 Å². The number of nitrogens with zero attached hydrogens (tertiary/aromatic N) is 2. The number of carbonyl (C=O) groups is 1. The van der Waals surface area contributed by atoms with E-state index in [2.05, 4.69) is 29.2 Å². The van der Waals surface area contributed by atoms with E-state index in [0.29, 0.717) is 29.0 Å². The number of fused-ring (bicyclic) bond motifs is 1. The van der Waals surface area contributed by atoms with Crippen molar-refractivity contribution in [2.24, 2.45) is 5.92 Å². The van der Waals surface area contributed by atoms with E-state index in [1.54, 1.807) is 54.6 Å². The third-order valence-electron chi connectivity index (χ3n) is 7.27. The zero-order chi connectivity index (χ0) is 25.8. The van der Waals surface area contributed by atoms with Gasteiger partial charge in [0.15, 0.2) is 5.78 Å². The molecule has 4 aromatic rings. The van der Waals surface area contributed by atoms with Crippen molar-refractivity contribution in [1.29, 1.82) is 0 Å². The molecule has 2 heterocycles. The standard InChI is InChI=1S/C30H32N2O4S/c1-36-26-14-13-25-20-29(32(28(25)21-26)37(34,35)27-10-6-3-7-11-27)30(33)15-12-23-16-18-31(19-17-23)22-24-8-4-2-5-9-24/h2-11,13-14,20-21,23H,12,15-19,22H2,1H3. The van der Waals surface area contributed by atoms with Gasteiger partial charge in [-0.05, 0) is 74.2 Å². The van der Waals surface area contributed by atoms with Crippen molar-refractivity contribution in [3.63, 3.8) is 0 Å². The van der Waals surface area contributed by atoms with Crippen LogP contribution in [-0.2, 0) is 16.6 Å². The highest BCUT2D eigenvalue weighted by molar-refractivity contribution is 7.90. The second-order valence-corrected chi connectivity index (χ2v) is 11.5. The summed E-state index contributed by atoms with van der Waals surface area (Å²) in [4.78, 5) is 16.1. The van der Waals surface area contributed by atoms with Crippen LogP contribution >= 0.6 is 0 Å². The first kappa shape index (κ1) is 25.2. The number of ether oxygens (including phenoxy) is 1. The molecule has 0 unspecified atom stereocenters. The number of hydrogen-bond donors (Lipinski definition) is 0. The molecule has 0 atom stereocenters. The number of likely N-dealkylation sites (tertiary alicyclic amines) is 1. The summed E-state index contributed by atoms with van der Waals surface area (Å²) in [5.41, 5.74) is 1.97. The minimum absolute atomic E-state index is 0.148. The van der Waals surface area contributed by atoms with Crippen LogP contribution < -0.4 is 4.74 Å². The molecule has 0 spiro atoms. The molecule has 0 amide bonds. The summed E-state index contributed by atoms with van der Waals surface area (Å²) < 4.78 is 33.9. The van der Waals surface area contributed by atoms with Crippen LogP contribution in [0.3, 0.4) is 0 Å². The number of carbonyl (C=O) groups excluding carboxylic acids is 1. The number of ketones is 1. The van der Waals surface area contributed by atoms with Crippen molar-refractivity contribution in [3.05, 3.63) is 96.2 Å².